The molecule has 3 rings (SSSR count). The van der Waals surface area contributed by atoms with Crippen LogP contribution in [0, 0.1) is 5.82 Å². The maximum Gasteiger partial charge on any atom is 0.416 e. The van der Waals surface area contributed by atoms with Crippen LogP contribution in [0.25, 0.3) is 0 Å². The lowest BCUT2D eigenvalue weighted by atomic mass is 9.91. The van der Waals surface area contributed by atoms with Gasteiger partial charge >= 0.3 is 6.18 Å². The van der Waals surface area contributed by atoms with E-state index in [9.17, 15) is 17.6 Å². The van der Waals surface area contributed by atoms with Crippen molar-refractivity contribution in [2.75, 3.05) is 32.9 Å². The van der Waals surface area contributed by atoms with Crippen molar-refractivity contribution in [1.29, 1.82) is 0 Å². The average Bonchev–Trinajstić information content (AvgIpc) is 2.49. The van der Waals surface area contributed by atoms with Crippen LogP contribution in [-0.4, -0.2) is 43.4 Å². The van der Waals surface area contributed by atoms with Crippen molar-refractivity contribution in [3.05, 3.63) is 35.1 Å². The van der Waals surface area contributed by atoms with Crippen molar-refractivity contribution in [2.24, 2.45) is 0 Å². The molecule has 0 saturated carbocycles. The molecule has 7 heteroatoms. The summed E-state index contributed by atoms with van der Waals surface area (Å²) in [7, 11) is 0. The van der Waals surface area contributed by atoms with Gasteiger partial charge in [-0.15, -0.1) is 0 Å². The maximum absolute atomic E-state index is 13.2. The highest BCUT2D eigenvalue weighted by molar-refractivity contribution is 5.30. The molecule has 2 heterocycles. The third-order valence-electron chi connectivity index (χ3n) is 4.50. The van der Waals surface area contributed by atoms with Crippen LogP contribution in [0.15, 0.2) is 18.2 Å². The number of nitrogens with zero attached hydrogens (tertiary/aromatic N) is 1. The van der Waals surface area contributed by atoms with E-state index in [4.69, 9.17) is 9.47 Å². The van der Waals surface area contributed by atoms with Crippen molar-refractivity contribution in [2.45, 2.75) is 31.2 Å². The number of hydrogen-bond donors (Lipinski definition) is 0. The molecule has 0 amide bonds. The van der Waals surface area contributed by atoms with Gasteiger partial charge in [0.2, 0.25) is 0 Å². The van der Waals surface area contributed by atoms with E-state index >= 15 is 0 Å². The number of halogens is 4. The van der Waals surface area contributed by atoms with Gasteiger partial charge in [0.05, 0.1) is 17.8 Å². The van der Waals surface area contributed by atoms with Crippen LogP contribution in [0.2, 0.25) is 0 Å². The highest BCUT2D eigenvalue weighted by Crippen LogP contribution is 2.34. The molecule has 0 N–H and O–H groups in total. The van der Waals surface area contributed by atoms with Gasteiger partial charge in [-0.1, -0.05) is 6.07 Å². The van der Waals surface area contributed by atoms with E-state index in [0.29, 0.717) is 39.0 Å². The third-order valence-corrected chi connectivity index (χ3v) is 4.50. The second-order valence-electron chi connectivity index (χ2n) is 6.15. The molecule has 0 aliphatic carbocycles. The molecule has 2 fully saturated rings. The quantitative estimate of drug-likeness (QED) is 0.776. The fourth-order valence-corrected chi connectivity index (χ4v) is 3.30. The Hall–Kier alpha value is -1.18. The number of ether oxygens (including phenoxy) is 2. The Morgan fingerprint density at radius 3 is 2.57 bits per heavy atom. The second-order valence-corrected chi connectivity index (χ2v) is 6.15. The van der Waals surface area contributed by atoms with E-state index in [2.05, 4.69) is 0 Å². The molecule has 2 aliphatic heterocycles. The topological polar surface area (TPSA) is 21.7 Å². The molecular weight excluding hydrogens is 314 g/mol. The Kier molecular flexibility index (Phi) is 4.62. The minimum atomic E-state index is -4.56. The molecule has 0 bridgehead atoms. The molecule has 1 aromatic carbocycles. The summed E-state index contributed by atoms with van der Waals surface area (Å²) in [6.07, 6.45) is -3.06. The van der Waals surface area contributed by atoms with Gasteiger partial charge in [0.15, 0.2) is 0 Å². The number of hydrogen-bond acceptors (Lipinski definition) is 3. The smallest absolute Gasteiger partial charge is 0.381 e. The second kappa shape index (κ2) is 6.37. The first-order chi connectivity index (χ1) is 10.9. The van der Waals surface area contributed by atoms with Gasteiger partial charge in [0.1, 0.15) is 5.82 Å². The standard InChI is InChI=1S/C16H19F4NO2/c17-13-2-1-12(14(9-13)16(18,19)20)10-21-5-8-23-15(11-21)3-6-22-7-4-15/h1-2,9H,3-8,10-11H2. The van der Waals surface area contributed by atoms with Crippen molar-refractivity contribution in [3.63, 3.8) is 0 Å². The zero-order chi connectivity index (χ0) is 16.5. The van der Waals surface area contributed by atoms with Gasteiger partial charge in [0.25, 0.3) is 0 Å². The normalized spacial score (nSPS) is 22.4. The molecule has 1 spiro atoms. The Balaban J connectivity index is 1.76. The molecular formula is C16H19F4NO2. The summed E-state index contributed by atoms with van der Waals surface area (Å²) < 4.78 is 63.7. The molecule has 1 aromatic rings. The van der Waals surface area contributed by atoms with Gasteiger partial charge in [-0.05, 0) is 17.7 Å². The Labute approximate surface area is 132 Å². The molecule has 128 valence electrons. The van der Waals surface area contributed by atoms with Crippen molar-refractivity contribution in [1.82, 2.24) is 4.90 Å². The van der Waals surface area contributed by atoms with E-state index in [1.807, 2.05) is 4.90 Å². The van der Waals surface area contributed by atoms with Gasteiger partial charge in [0, 0.05) is 45.7 Å². The SMILES string of the molecule is Fc1ccc(CN2CCOC3(CCOCC3)C2)c(C(F)(F)F)c1. The van der Waals surface area contributed by atoms with E-state index in [0.717, 1.165) is 18.9 Å². The van der Waals surface area contributed by atoms with E-state index in [1.165, 1.54) is 6.07 Å². The molecule has 0 atom stereocenters. The highest BCUT2D eigenvalue weighted by atomic mass is 19.4. The predicted octanol–water partition coefficient (Wildman–Crippen LogP) is 3.23. The van der Waals surface area contributed by atoms with Crippen LogP contribution in [0.5, 0.6) is 0 Å². The van der Waals surface area contributed by atoms with Crippen molar-refractivity contribution in [3.8, 4) is 0 Å². The predicted molar refractivity (Wildman–Crippen MR) is 75.4 cm³/mol. The molecule has 2 saturated heterocycles. The lowest BCUT2D eigenvalue weighted by Crippen LogP contribution is -2.54. The number of alkyl halides is 3. The molecule has 0 aromatic heterocycles. The first-order valence-corrected chi connectivity index (χ1v) is 7.68. The van der Waals surface area contributed by atoms with Gasteiger partial charge in [-0.3, -0.25) is 4.90 Å². The van der Waals surface area contributed by atoms with Gasteiger partial charge in [-0.25, -0.2) is 4.39 Å². The fraction of sp³-hybridized carbons (Fsp3) is 0.625. The zero-order valence-corrected chi connectivity index (χ0v) is 12.7. The van der Waals surface area contributed by atoms with E-state index < -0.39 is 17.6 Å². The molecule has 3 nitrogen and oxygen atoms in total. The van der Waals surface area contributed by atoms with E-state index in [-0.39, 0.29) is 17.7 Å². The fourth-order valence-electron chi connectivity index (χ4n) is 3.30. The van der Waals surface area contributed by atoms with Crippen LogP contribution < -0.4 is 0 Å². The summed E-state index contributed by atoms with van der Waals surface area (Å²) in [5.74, 6) is -0.871. The van der Waals surface area contributed by atoms with Crippen molar-refractivity contribution >= 4 is 0 Å². The van der Waals surface area contributed by atoms with Crippen molar-refractivity contribution < 1.29 is 27.0 Å². The van der Waals surface area contributed by atoms with Crippen LogP contribution in [-0.2, 0) is 22.2 Å². The van der Waals surface area contributed by atoms with Gasteiger partial charge in [-0.2, -0.15) is 13.2 Å². The first-order valence-electron chi connectivity index (χ1n) is 7.68. The van der Waals surface area contributed by atoms with E-state index in [1.54, 1.807) is 0 Å². The number of morpholine rings is 1. The lowest BCUT2D eigenvalue weighted by molar-refractivity contribution is -0.156. The minimum Gasteiger partial charge on any atom is -0.381 e. The van der Waals surface area contributed by atoms with Crippen LogP contribution in [0.4, 0.5) is 17.6 Å². The number of rotatable bonds is 2. The summed E-state index contributed by atoms with van der Waals surface area (Å²) in [5, 5.41) is 0. The summed E-state index contributed by atoms with van der Waals surface area (Å²) in [6.45, 7) is 2.99. The first kappa shape index (κ1) is 16.7. The third kappa shape index (κ3) is 3.84. The highest BCUT2D eigenvalue weighted by Gasteiger charge is 2.39. The zero-order valence-electron chi connectivity index (χ0n) is 12.7. The van der Waals surface area contributed by atoms with Crippen LogP contribution >= 0.6 is 0 Å². The molecule has 23 heavy (non-hydrogen) atoms. The maximum atomic E-state index is 13.2. The Morgan fingerprint density at radius 1 is 1.13 bits per heavy atom. The molecule has 2 aliphatic rings. The lowest BCUT2D eigenvalue weighted by Gasteiger charge is -2.45. The largest absolute Gasteiger partial charge is 0.416 e. The Bertz CT molecular complexity index is 550. The minimum absolute atomic E-state index is 0.100. The average molecular weight is 333 g/mol. The van der Waals surface area contributed by atoms with Gasteiger partial charge < -0.3 is 9.47 Å². The molecule has 0 unspecified atom stereocenters. The summed E-state index contributed by atoms with van der Waals surface area (Å²) in [4.78, 5) is 1.96. The summed E-state index contributed by atoms with van der Waals surface area (Å²) >= 11 is 0. The van der Waals surface area contributed by atoms with Crippen LogP contribution in [0.1, 0.15) is 24.0 Å². The molecule has 0 radical (unpaired) electrons. The summed E-state index contributed by atoms with van der Waals surface area (Å²) in [6, 6.07) is 2.87. The Morgan fingerprint density at radius 2 is 1.87 bits per heavy atom. The monoisotopic (exact) mass is 333 g/mol. The summed E-state index contributed by atoms with van der Waals surface area (Å²) in [5.41, 5.74) is -1.12. The number of benzene rings is 1. The van der Waals surface area contributed by atoms with Crippen LogP contribution in [0.3, 0.4) is 0 Å².